The molecule has 0 bridgehead atoms. The highest BCUT2D eigenvalue weighted by Crippen LogP contribution is 2.22. The molecule has 62 valence electrons. The van der Waals surface area contributed by atoms with E-state index in [1.165, 1.54) is 0 Å². The first-order chi connectivity index (χ1) is 5.66. The summed E-state index contributed by atoms with van der Waals surface area (Å²) in [6.45, 7) is 1.91. The average Bonchev–Trinajstić information content (AvgIpc) is 2.08. The Hall–Kier alpha value is -0.970. The normalized spacial score (nSPS) is 12.2. The molecule has 0 heterocycles. The monoisotopic (exact) mass is 179 g/mol. The van der Waals surface area contributed by atoms with Crippen LogP contribution in [0.3, 0.4) is 0 Å². The largest absolute Gasteiger partial charge is 0.314 e. The molecule has 12 heavy (non-hydrogen) atoms. The summed E-state index contributed by atoms with van der Waals surface area (Å²) >= 11 is 5.89. The molecule has 0 aliphatic rings. The van der Waals surface area contributed by atoms with Gasteiger partial charge >= 0.3 is 0 Å². The zero-order valence-electron chi connectivity index (χ0n) is 6.84. The van der Waals surface area contributed by atoms with E-state index in [1.54, 1.807) is 0 Å². The number of terminal acetylenes is 1. The molecule has 0 aliphatic heterocycles. The first kappa shape index (κ1) is 9.12. The van der Waals surface area contributed by atoms with Crippen LogP contribution in [0.25, 0.3) is 0 Å². The van der Waals surface area contributed by atoms with Gasteiger partial charge in [0.2, 0.25) is 0 Å². The number of halogens is 1. The number of hydrogen-bond donors (Lipinski definition) is 1. The van der Waals surface area contributed by atoms with Gasteiger partial charge in [0, 0.05) is 5.02 Å². The van der Waals surface area contributed by atoms with Crippen molar-refractivity contribution in [1.29, 1.82) is 0 Å². The van der Waals surface area contributed by atoms with Crippen molar-refractivity contribution in [3.8, 4) is 12.3 Å². The minimum atomic E-state index is -0.358. The van der Waals surface area contributed by atoms with E-state index in [-0.39, 0.29) is 6.04 Å². The Bertz CT molecular complexity index is 325. The molecule has 0 fully saturated rings. The molecule has 1 aromatic rings. The predicted octanol–water partition coefficient (Wildman–Crippen LogP) is 2.28. The molecule has 0 saturated heterocycles. The summed E-state index contributed by atoms with van der Waals surface area (Å²) in [4.78, 5) is 0. The Balaban J connectivity index is 3.18. The van der Waals surface area contributed by atoms with Gasteiger partial charge in [0.1, 0.15) is 0 Å². The van der Waals surface area contributed by atoms with Crippen molar-refractivity contribution in [3.63, 3.8) is 0 Å². The summed E-state index contributed by atoms with van der Waals surface area (Å²) in [6, 6.07) is 5.21. The zero-order chi connectivity index (χ0) is 9.14. The van der Waals surface area contributed by atoms with Crippen molar-refractivity contribution in [2.45, 2.75) is 13.0 Å². The fraction of sp³-hybridized carbons (Fsp3) is 0.200. The van der Waals surface area contributed by atoms with Crippen molar-refractivity contribution < 1.29 is 0 Å². The first-order valence-electron chi connectivity index (χ1n) is 3.63. The minimum Gasteiger partial charge on any atom is -0.314 e. The van der Waals surface area contributed by atoms with E-state index >= 15 is 0 Å². The second-order valence-corrected chi connectivity index (χ2v) is 3.01. The molecule has 0 radical (unpaired) electrons. The molecule has 0 amide bonds. The molecule has 1 rings (SSSR count). The lowest BCUT2D eigenvalue weighted by molar-refractivity contribution is 0.933. The Morgan fingerprint density at radius 2 is 2.25 bits per heavy atom. The molecule has 2 N–H and O–H groups in total. The standard InChI is InChI=1S/C10H10ClN/c1-3-10(12)8-5-4-6-9(11)7(8)2/h1,4-6,10H,12H2,2H3. The summed E-state index contributed by atoms with van der Waals surface area (Å²) in [6.07, 6.45) is 5.20. The van der Waals surface area contributed by atoms with Crippen LogP contribution in [0.5, 0.6) is 0 Å². The number of nitrogens with two attached hydrogens (primary N) is 1. The lowest BCUT2D eigenvalue weighted by Crippen LogP contribution is -2.08. The summed E-state index contributed by atoms with van der Waals surface area (Å²) in [5.74, 6) is 2.47. The fourth-order valence-electron chi connectivity index (χ4n) is 1.05. The van der Waals surface area contributed by atoms with E-state index in [4.69, 9.17) is 23.8 Å². The smallest absolute Gasteiger partial charge is 0.0921 e. The molecule has 1 unspecified atom stereocenters. The van der Waals surface area contributed by atoms with E-state index in [9.17, 15) is 0 Å². The summed E-state index contributed by atoms with van der Waals surface area (Å²) in [7, 11) is 0. The molecular weight excluding hydrogens is 170 g/mol. The van der Waals surface area contributed by atoms with Crippen LogP contribution in [0.2, 0.25) is 5.02 Å². The van der Waals surface area contributed by atoms with Gasteiger partial charge in [-0.15, -0.1) is 6.42 Å². The van der Waals surface area contributed by atoms with E-state index < -0.39 is 0 Å². The summed E-state index contributed by atoms with van der Waals surface area (Å²) < 4.78 is 0. The molecule has 0 spiro atoms. The fourth-order valence-corrected chi connectivity index (χ4v) is 1.23. The maximum Gasteiger partial charge on any atom is 0.0921 e. The van der Waals surface area contributed by atoms with E-state index in [0.717, 1.165) is 11.1 Å². The lowest BCUT2D eigenvalue weighted by Gasteiger charge is -2.09. The van der Waals surface area contributed by atoms with Gasteiger partial charge in [0.05, 0.1) is 6.04 Å². The highest BCUT2D eigenvalue weighted by molar-refractivity contribution is 6.31. The van der Waals surface area contributed by atoms with Crippen molar-refractivity contribution in [2.75, 3.05) is 0 Å². The van der Waals surface area contributed by atoms with Crippen LogP contribution in [0.15, 0.2) is 18.2 Å². The highest BCUT2D eigenvalue weighted by atomic mass is 35.5. The second kappa shape index (κ2) is 3.62. The van der Waals surface area contributed by atoms with Gasteiger partial charge in [-0.1, -0.05) is 29.7 Å². The number of rotatable bonds is 1. The van der Waals surface area contributed by atoms with Gasteiger partial charge in [0.25, 0.3) is 0 Å². The van der Waals surface area contributed by atoms with Gasteiger partial charge in [-0.3, -0.25) is 0 Å². The van der Waals surface area contributed by atoms with E-state index in [2.05, 4.69) is 5.92 Å². The van der Waals surface area contributed by atoms with Crippen LogP contribution in [0.4, 0.5) is 0 Å². The van der Waals surface area contributed by atoms with Crippen LogP contribution in [0, 0.1) is 19.3 Å². The van der Waals surface area contributed by atoms with Crippen LogP contribution in [-0.4, -0.2) is 0 Å². The molecule has 1 aromatic carbocycles. The topological polar surface area (TPSA) is 26.0 Å². The lowest BCUT2D eigenvalue weighted by atomic mass is 10.0. The van der Waals surface area contributed by atoms with Crippen LogP contribution in [-0.2, 0) is 0 Å². The van der Waals surface area contributed by atoms with Crippen LogP contribution in [0.1, 0.15) is 17.2 Å². The van der Waals surface area contributed by atoms with Gasteiger partial charge in [-0.2, -0.15) is 0 Å². The highest BCUT2D eigenvalue weighted by Gasteiger charge is 2.06. The maximum atomic E-state index is 5.89. The maximum absolute atomic E-state index is 5.89. The second-order valence-electron chi connectivity index (χ2n) is 2.60. The Kier molecular flexibility index (Phi) is 2.75. The summed E-state index contributed by atoms with van der Waals surface area (Å²) in [5.41, 5.74) is 7.55. The van der Waals surface area contributed by atoms with Gasteiger partial charge in [-0.25, -0.2) is 0 Å². The summed E-state index contributed by atoms with van der Waals surface area (Å²) in [5, 5.41) is 0.707. The van der Waals surface area contributed by atoms with Gasteiger partial charge < -0.3 is 5.73 Å². The molecule has 0 aromatic heterocycles. The van der Waals surface area contributed by atoms with Crippen molar-refractivity contribution in [1.82, 2.24) is 0 Å². The third-order valence-corrected chi connectivity index (χ3v) is 2.23. The molecule has 0 saturated carbocycles. The number of hydrogen-bond acceptors (Lipinski definition) is 1. The molecule has 0 aliphatic carbocycles. The van der Waals surface area contributed by atoms with Gasteiger partial charge in [-0.05, 0) is 24.1 Å². The van der Waals surface area contributed by atoms with Crippen molar-refractivity contribution >= 4 is 11.6 Å². The molecule has 1 atom stereocenters. The molecule has 1 nitrogen and oxygen atoms in total. The molecular formula is C10H10ClN. The van der Waals surface area contributed by atoms with E-state index in [1.807, 2.05) is 25.1 Å². The quantitative estimate of drug-likeness (QED) is 0.658. The van der Waals surface area contributed by atoms with E-state index in [0.29, 0.717) is 5.02 Å². The van der Waals surface area contributed by atoms with Gasteiger partial charge in [0.15, 0.2) is 0 Å². The Morgan fingerprint density at radius 1 is 1.58 bits per heavy atom. The Labute approximate surface area is 77.5 Å². The Morgan fingerprint density at radius 3 is 2.83 bits per heavy atom. The average molecular weight is 180 g/mol. The van der Waals surface area contributed by atoms with Crippen molar-refractivity contribution in [2.24, 2.45) is 5.73 Å². The number of benzene rings is 1. The first-order valence-corrected chi connectivity index (χ1v) is 4.01. The third-order valence-electron chi connectivity index (χ3n) is 1.82. The third kappa shape index (κ3) is 1.61. The van der Waals surface area contributed by atoms with Crippen LogP contribution >= 0.6 is 11.6 Å². The van der Waals surface area contributed by atoms with Crippen molar-refractivity contribution in [3.05, 3.63) is 34.3 Å². The van der Waals surface area contributed by atoms with Crippen LogP contribution < -0.4 is 5.73 Å². The zero-order valence-corrected chi connectivity index (χ0v) is 7.60. The SMILES string of the molecule is C#CC(N)c1cccc(Cl)c1C. The molecule has 2 heteroatoms. The predicted molar refractivity (Wildman–Crippen MR) is 52.0 cm³/mol. The minimum absolute atomic E-state index is 0.358.